The normalized spacial score (nSPS) is 10.1. The predicted molar refractivity (Wildman–Crippen MR) is 66.6 cm³/mol. The molecule has 3 heteroatoms. The lowest BCUT2D eigenvalue weighted by molar-refractivity contribution is 0.209. The molecule has 0 aromatic heterocycles. The molecule has 0 saturated heterocycles. The molecule has 0 aliphatic carbocycles. The van der Waals surface area contributed by atoms with Gasteiger partial charge in [0.05, 0.1) is 0 Å². The van der Waals surface area contributed by atoms with E-state index in [0.29, 0.717) is 6.54 Å². The van der Waals surface area contributed by atoms with Crippen molar-refractivity contribution in [2.75, 3.05) is 14.1 Å². The predicted octanol–water partition coefficient (Wildman–Crippen LogP) is 2.38. The number of carbonyl (C=O) groups excluding carboxylic acids is 1. The van der Waals surface area contributed by atoms with Crippen LogP contribution in [0.4, 0.5) is 4.79 Å². The molecule has 0 aliphatic rings. The summed E-state index contributed by atoms with van der Waals surface area (Å²) in [7, 11) is 3.44. The summed E-state index contributed by atoms with van der Waals surface area (Å²) < 4.78 is 0. The minimum Gasteiger partial charge on any atom is -0.341 e. The monoisotopic (exact) mass is 220 g/mol. The summed E-state index contributed by atoms with van der Waals surface area (Å²) in [6.07, 6.45) is 0. The Morgan fingerprint density at radius 2 is 1.75 bits per heavy atom. The van der Waals surface area contributed by atoms with Crippen LogP contribution in [0.3, 0.4) is 0 Å². The fourth-order valence-corrected chi connectivity index (χ4v) is 1.71. The standard InChI is InChI=1S/C13H20N2O/c1-9-6-11(3)12(7-10(9)2)8-15(5)13(16)14-4/h6-7H,8H2,1-5H3,(H,14,16). The van der Waals surface area contributed by atoms with Crippen molar-refractivity contribution in [3.8, 4) is 0 Å². The van der Waals surface area contributed by atoms with Crippen LogP contribution in [0.15, 0.2) is 12.1 Å². The van der Waals surface area contributed by atoms with E-state index >= 15 is 0 Å². The summed E-state index contributed by atoms with van der Waals surface area (Å²) in [6, 6.07) is 4.27. The van der Waals surface area contributed by atoms with Crippen LogP contribution >= 0.6 is 0 Å². The molecule has 1 aromatic carbocycles. The summed E-state index contributed by atoms with van der Waals surface area (Å²) in [5.41, 5.74) is 5.00. The third-order valence-electron chi connectivity index (χ3n) is 2.92. The lowest BCUT2D eigenvalue weighted by Gasteiger charge is -2.18. The topological polar surface area (TPSA) is 32.3 Å². The average Bonchev–Trinajstić information content (AvgIpc) is 2.24. The number of carbonyl (C=O) groups is 1. The van der Waals surface area contributed by atoms with Gasteiger partial charge in [-0.15, -0.1) is 0 Å². The maximum atomic E-state index is 11.4. The first-order valence-corrected chi connectivity index (χ1v) is 5.45. The zero-order chi connectivity index (χ0) is 12.3. The molecule has 1 aromatic rings. The number of hydrogen-bond acceptors (Lipinski definition) is 1. The second-order valence-corrected chi connectivity index (χ2v) is 4.27. The number of nitrogens with zero attached hydrogens (tertiary/aromatic N) is 1. The van der Waals surface area contributed by atoms with Gasteiger partial charge in [0.25, 0.3) is 0 Å². The Kier molecular flexibility index (Phi) is 3.93. The average molecular weight is 220 g/mol. The fourth-order valence-electron chi connectivity index (χ4n) is 1.71. The molecule has 88 valence electrons. The molecule has 0 fully saturated rings. The number of aryl methyl sites for hydroxylation is 3. The van der Waals surface area contributed by atoms with Crippen molar-refractivity contribution in [2.45, 2.75) is 27.3 Å². The number of amides is 2. The maximum absolute atomic E-state index is 11.4. The second kappa shape index (κ2) is 5.01. The Morgan fingerprint density at radius 1 is 1.19 bits per heavy atom. The van der Waals surface area contributed by atoms with Gasteiger partial charge in [-0.3, -0.25) is 0 Å². The molecule has 0 radical (unpaired) electrons. The quantitative estimate of drug-likeness (QED) is 0.815. The summed E-state index contributed by atoms with van der Waals surface area (Å²) >= 11 is 0. The van der Waals surface area contributed by atoms with E-state index < -0.39 is 0 Å². The minimum atomic E-state index is -0.0578. The molecule has 0 atom stereocenters. The van der Waals surface area contributed by atoms with Crippen LogP contribution in [0.5, 0.6) is 0 Å². The van der Waals surface area contributed by atoms with Gasteiger partial charge in [-0.1, -0.05) is 12.1 Å². The molecule has 2 amide bonds. The molecular weight excluding hydrogens is 200 g/mol. The Hall–Kier alpha value is -1.51. The summed E-state index contributed by atoms with van der Waals surface area (Å²) in [5.74, 6) is 0. The van der Waals surface area contributed by atoms with Crippen LogP contribution < -0.4 is 5.32 Å². The zero-order valence-electron chi connectivity index (χ0n) is 10.7. The molecule has 0 heterocycles. The lowest BCUT2D eigenvalue weighted by atomic mass is 10.0. The van der Waals surface area contributed by atoms with Crippen molar-refractivity contribution in [3.63, 3.8) is 0 Å². The zero-order valence-corrected chi connectivity index (χ0v) is 10.7. The number of benzene rings is 1. The third kappa shape index (κ3) is 2.75. The third-order valence-corrected chi connectivity index (χ3v) is 2.92. The van der Waals surface area contributed by atoms with Gasteiger partial charge < -0.3 is 10.2 Å². The van der Waals surface area contributed by atoms with Crippen LogP contribution in [-0.2, 0) is 6.54 Å². The first-order valence-electron chi connectivity index (χ1n) is 5.45. The molecule has 3 nitrogen and oxygen atoms in total. The van der Waals surface area contributed by atoms with Crippen molar-refractivity contribution >= 4 is 6.03 Å². The molecule has 1 N–H and O–H groups in total. The Labute approximate surface area is 97.5 Å². The fraction of sp³-hybridized carbons (Fsp3) is 0.462. The van der Waals surface area contributed by atoms with Gasteiger partial charge in [0.2, 0.25) is 0 Å². The van der Waals surface area contributed by atoms with Gasteiger partial charge in [0.1, 0.15) is 0 Å². The van der Waals surface area contributed by atoms with E-state index in [2.05, 4.69) is 38.2 Å². The smallest absolute Gasteiger partial charge is 0.317 e. The highest BCUT2D eigenvalue weighted by atomic mass is 16.2. The lowest BCUT2D eigenvalue weighted by Crippen LogP contribution is -2.34. The molecule has 0 aliphatic heterocycles. The van der Waals surface area contributed by atoms with E-state index in [1.807, 2.05) is 0 Å². The molecular formula is C13H20N2O. The Bertz CT molecular complexity index is 399. The van der Waals surface area contributed by atoms with Crippen LogP contribution in [0, 0.1) is 20.8 Å². The highest BCUT2D eigenvalue weighted by Gasteiger charge is 2.09. The van der Waals surface area contributed by atoms with Crippen molar-refractivity contribution in [3.05, 3.63) is 34.4 Å². The van der Waals surface area contributed by atoms with E-state index in [9.17, 15) is 4.79 Å². The number of rotatable bonds is 2. The van der Waals surface area contributed by atoms with Gasteiger partial charge in [-0.05, 0) is 43.0 Å². The van der Waals surface area contributed by atoms with Gasteiger partial charge in [0, 0.05) is 20.6 Å². The number of hydrogen-bond donors (Lipinski definition) is 1. The van der Waals surface area contributed by atoms with Crippen molar-refractivity contribution in [1.29, 1.82) is 0 Å². The maximum Gasteiger partial charge on any atom is 0.317 e. The number of urea groups is 1. The summed E-state index contributed by atoms with van der Waals surface area (Å²) in [5, 5.41) is 2.62. The first kappa shape index (κ1) is 12.6. The van der Waals surface area contributed by atoms with Gasteiger partial charge >= 0.3 is 6.03 Å². The Balaban J connectivity index is 2.89. The molecule has 0 bridgehead atoms. The summed E-state index contributed by atoms with van der Waals surface area (Å²) in [6.45, 7) is 6.93. The minimum absolute atomic E-state index is 0.0578. The van der Waals surface area contributed by atoms with E-state index in [0.717, 1.165) is 0 Å². The van der Waals surface area contributed by atoms with Crippen molar-refractivity contribution in [1.82, 2.24) is 10.2 Å². The summed E-state index contributed by atoms with van der Waals surface area (Å²) in [4.78, 5) is 13.1. The van der Waals surface area contributed by atoms with E-state index in [1.165, 1.54) is 22.3 Å². The van der Waals surface area contributed by atoms with Crippen LogP contribution in [0.25, 0.3) is 0 Å². The number of nitrogens with one attached hydrogen (secondary N) is 1. The van der Waals surface area contributed by atoms with Gasteiger partial charge in [0.15, 0.2) is 0 Å². The van der Waals surface area contributed by atoms with E-state index in [1.54, 1.807) is 19.0 Å². The van der Waals surface area contributed by atoms with Gasteiger partial charge in [-0.25, -0.2) is 4.79 Å². The second-order valence-electron chi connectivity index (χ2n) is 4.27. The largest absolute Gasteiger partial charge is 0.341 e. The SMILES string of the molecule is CNC(=O)N(C)Cc1cc(C)c(C)cc1C. The molecule has 16 heavy (non-hydrogen) atoms. The Morgan fingerprint density at radius 3 is 2.31 bits per heavy atom. The highest BCUT2D eigenvalue weighted by molar-refractivity contribution is 5.73. The van der Waals surface area contributed by atoms with Crippen LogP contribution in [0.1, 0.15) is 22.3 Å². The van der Waals surface area contributed by atoms with Crippen molar-refractivity contribution in [2.24, 2.45) is 0 Å². The highest BCUT2D eigenvalue weighted by Crippen LogP contribution is 2.16. The van der Waals surface area contributed by atoms with Crippen molar-refractivity contribution < 1.29 is 4.79 Å². The molecule has 1 rings (SSSR count). The molecule has 0 unspecified atom stereocenters. The first-order chi connectivity index (χ1) is 7.45. The molecule has 0 saturated carbocycles. The van der Waals surface area contributed by atoms with E-state index in [-0.39, 0.29) is 6.03 Å². The van der Waals surface area contributed by atoms with Crippen LogP contribution in [-0.4, -0.2) is 25.0 Å². The van der Waals surface area contributed by atoms with Gasteiger partial charge in [-0.2, -0.15) is 0 Å². The van der Waals surface area contributed by atoms with Crippen LogP contribution in [0.2, 0.25) is 0 Å². The van der Waals surface area contributed by atoms with E-state index in [4.69, 9.17) is 0 Å². The molecule has 0 spiro atoms.